The average molecular weight is 537 g/mol. The van der Waals surface area contributed by atoms with E-state index in [0.717, 1.165) is 40.8 Å². The predicted molar refractivity (Wildman–Crippen MR) is 150 cm³/mol. The minimum Gasteiger partial charge on any atom is -0.458 e. The summed E-state index contributed by atoms with van der Waals surface area (Å²) in [6.45, 7) is 4.24. The van der Waals surface area contributed by atoms with E-state index in [0.29, 0.717) is 16.3 Å². The van der Waals surface area contributed by atoms with Crippen LogP contribution in [-0.2, 0) is 25.1 Å². The van der Waals surface area contributed by atoms with Gasteiger partial charge in [0.15, 0.2) is 0 Å². The fourth-order valence-corrected chi connectivity index (χ4v) is 5.84. The van der Waals surface area contributed by atoms with E-state index in [1.807, 2.05) is 74.5 Å². The van der Waals surface area contributed by atoms with Crippen LogP contribution in [0, 0.1) is 18.3 Å². The summed E-state index contributed by atoms with van der Waals surface area (Å²) >= 11 is 1.17. The molecule has 0 fully saturated rings. The highest BCUT2D eigenvalue weighted by atomic mass is 32.2. The molecule has 0 aliphatic rings. The van der Waals surface area contributed by atoms with Crippen LogP contribution in [0.3, 0.4) is 0 Å². The van der Waals surface area contributed by atoms with Gasteiger partial charge in [0.25, 0.3) is 0 Å². The normalized spacial score (nSPS) is 12.5. The van der Waals surface area contributed by atoms with Gasteiger partial charge in [-0.1, -0.05) is 85.3 Å². The fraction of sp³-hybridized carbons (Fsp3) is 0.345. The molecule has 2 atom stereocenters. The second kappa shape index (κ2) is 14.7. The maximum Gasteiger partial charge on any atom is 0.316 e. The van der Waals surface area contributed by atoms with E-state index in [2.05, 4.69) is 6.07 Å². The second-order valence-corrected chi connectivity index (χ2v) is 11.2. The van der Waals surface area contributed by atoms with Crippen molar-refractivity contribution in [2.24, 2.45) is 0 Å². The third-order valence-corrected chi connectivity index (χ3v) is 8.04. The Labute approximate surface area is 225 Å². The molecule has 2 unspecified atom stereocenters. The Hall–Kier alpha value is -2.99. The molecule has 0 spiro atoms. The summed E-state index contributed by atoms with van der Waals surface area (Å²) in [5.74, 6) is 0.321. The first-order valence-electron chi connectivity index (χ1n) is 12.2. The molecule has 0 aliphatic carbocycles. The number of aryl methyl sites for hydroxylation is 1. The molecule has 37 heavy (non-hydrogen) atoms. The summed E-state index contributed by atoms with van der Waals surface area (Å²) in [6.07, 6.45) is 1.23. The third kappa shape index (κ3) is 8.53. The number of esters is 1. The number of methoxy groups -OCH3 is 1. The molecule has 0 N–H and O–H groups in total. The van der Waals surface area contributed by atoms with Crippen LogP contribution in [-0.4, -0.2) is 52.2 Å². The number of rotatable bonds is 13. The first-order chi connectivity index (χ1) is 17.9. The molecule has 0 radical (unpaired) electrons. The maximum atomic E-state index is 12.7. The molecule has 1 heterocycles. The number of pyridine rings is 1. The molecule has 3 aromatic rings. The van der Waals surface area contributed by atoms with Crippen LogP contribution >= 0.6 is 11.8 Å². The Bertz CT molecular complexity index is 1240. The number of carbonyl (C=O) groups excluding carboxylic acids is 1. The molecule has 0 amide bonds. The summed E-state index contributed by atoms with van der Waals surface area (Å²) in [6, 6.07) is 21.9. The number of nitrogens with zero attached hydrogens (tertiary/aromatic N) is 2. The van der Waals surface area contributed by atoms with Crippen LogP contribution < -0.4 is 0 Å². The number of unbranched alkanes of at least 4 members (excludes halogenated alkanes) is 1. The fourth-order valence-electron chi connectivity index (χ4n) is 3.70. The van der Waals surface area contributed by atoms with Gasteiger partial charge in [-0.05, 0) is 25.0 Å². The highest BCUT2D eigenvalue weighted by Crippen LogP contribution is 2.34. The van der Waals surface area contributed by atoms with Crippen molar-refractivity contribution in [1.82, 2.24) is 4.98 Å². The molecule has 0 saturated heterocycles. The van der Waals surface area contributed by atoms with Crippen LogP contribution in [0.1, 0.15) is 30.9 Å². The molecule has 0 aliphatic heterocycles. The van der Waals surface area contributed by atoms with Gasteiger partial charge in [0.2, 0.25) is 0 Å². The van der Waals surface area contributed by atoms with Crippen molar-refractivity contribution in [2.75, 3.05) is 31.0 Å². The number of carbonyl (C=O) groups is 1. The number of hydrogen-bond acceptors (Lipinski definition) is 7. The number of nitriles is 1. The summed E-state index contributed by atoms with van der Waals surface area (Å²) in [4.78, 5) is 17.5. The number of hydrogen-bond donors (Lipinski definition) is 0. The first-order valence-corrected chi connectivity index (χ1v) is 14.7. The molecule has 3 rings (SSSR count). The largest absolute Gasteiger partial charge is 0.458 e. The lowest BCUT2D eigenvalue weighted by atomic mass is 9.99. The van der Waals surface area contributed by atoms with Gasteiger partial charge in [-0.3, -0.25) is 9.00 Å². The van der Waals surface area contributed by atoms with Gasteiger partial charge in [-0.2, -0.15) is 5.26 Å². The maximum absolute atomic E-state index is 12.7. The van der Waals surface area contributed by atoms with Gasteiger partial charge >= 0.3 is 5.97 Å². The van der Waals surface area contributed by atoms with Crippen LogP contribution in [0.25, 0.3) is 22.4 Å². The van der Waals surface area contributed by atoms with Gasteiger partial charge < -0.3 is 9.47 Å². The van der Waals surface area contributed by atoms with Crippen molar-refractivity contribution in [3.05, 3.63) is 71.8 Å². The highest BCUT2D eigenvalue weighted by Gasteiger charge is 2.20. The summed E-state index contributed by atoms with van der Waals surface area (Å²) in [5, 5.41) is 10.5. The lowest BCUT2D eigenvalue weighted by Gasteiger charge is -2.17. The van der Waals surface area contributed by atoms with Crippen molar-refractivity contribution >= 4 is 28.5 Å². The Morgan fingerprint density at radius 1 is 1.14 bits per heavy atom. The van der Waals surface area contributed by atoms with Crippen LogP contribution in [0.2, 0.25) is 0 Å². The van der Waals surface area contributed by atoms with Gasteiger partial charge in [0.1, 0.15) is 17.2 Å². The first kappa shape index (κ1) is 28.6. The van der Waals surface area contributed by atoms with Crippen molar-refractivity contribution in [2.45, 2.75) is 37.8 Å². The molecule has 1 aromatic heterocycles. The van der Waals surface area contributed by atoms with Gasteiger partial charge in [-0.15, -0.1) is 0 Å². The lowest BCUT2D eigenvalue weighted by molar-refractivity contribution is -0.146. The van der Waals surface area contributed by atoms with E-state index in [1.165, 1.54) is 18.9 Å². The average Bonchev–Trinajstić information content (AvgIpc) is 2.91. The van der Waals surface area contributed by atoms with Crippen molar-refractivity contribution < 1.29 is 18.5 Å². The van der Waals surface area contributed by atoms with E-state index < -0.39 is 22.9 Å². The van der Waals surface area contributed by atoms with Crippen molar-refractivity contribution in [3.63, 3.8) is 0 Å². The standard InChI is InChI=1S/C29H32N2O4S2/c1-4-5-15-37(33)20-24(18-34-3)35-28(32)19-36-29-26(17-30)25(22-9-7-6-8-10-22)16-27(31-29)23-13-11-21(2)12-14-23/h6-14,16,24H,4-5,15,18-20H2,1-3H3. The van der Waals surface area contributed by atoms with E-state index >= 15 is 0 Å². The third-order valence-electron chi connectivity index (χ3n) is 5.60. The van der Waals surface area contributed by atoms with E-state index in [1.54, 1.807) is 0 Å². The Morgan fingerprint density at radius 3 is 2.51 bits per heavy atom. The zero-order valence-electron chi connectivity index (χ0n) is 21.4. The van der Waals surface area contributed by atoms with Crippen LogP contribution in [0.15, 0.2) is 65.7 Å². The number of aromatic nitrogens is 1. The monoisotopic (exact) mass is 536 g/mol. The van der Waals surface area contributed by atoms with E-state index in [4.69, 9.17) is 14.5 Å². The summed E-state index contributed by atoms with van der Waals surface area (Å²) in [7, 11) is 0.440. The van der Waals surface area contributed by atoms with E-state index in [-0.39, 0.29) is 18.1 Å². The SMILES string of the molecule is CCCCS(=O)CC(COC)OC(=O)CSc1nc(-c2ccc(C)cc2)cc(-c2ccccc2)c1C#N. The van der Waals surface area contributed by atoms with E-state index in [9.17, 15) is 14.3 Å². The topological polar surface area (TPSA) is 89.3 Å². The van der Waals surface area contributed by atoms with Gasteiger partial charge in [0.05, 0.1) is 29.4 Å². The Balaban J connectivity index is 1.84. The zero-order chi connectivity index (χ0) is 26.6. The van der Waals surface area contributed by atoms with Crippen LogP contribution in [0.5, 0.6) is 0 Å². The lowest BCUT2D eigenvalue weighted by Crippen LogP contribution is -2.30. The second-order valence-electron chi connectivity index (χ2n) is 8.60. The summed E-state index contributed by atoms with van der Waals surface area (Å²) in [5.41, 5.74) is 4.85. The van der Waals surface area contributed by atoms with Crippen molar-refractivity contribution in [1.29, 1.82) is 5.26 Å². The van der Waals surface area contributed by atoms with Crippen molar-refractivity contribution in [3.8, 4) is 28.5 Å². The molecule has 194 valence electrons. The minimum atomic E-state index is -1.08. The molecule has 0 bridgehead atoms. The predicted octanol–water partition coefficient (Wildman–Crippen LogP) is 5.79. The van der Waals surface area contributed by atoms with Crippen LogP contribution in [0.4, 0.5) is 0 Å². The molecule has 2 aromatic carbocycles. The molecular formula is C29H32N2O4S2. The Kier molecular flexibility index (Phi) is 11.3. The molecular weight excluding hydrogens is 504 g/mol. The minimum absolute atomic E-state index is 0.0327. The summed E-state index contributed by atoms with van der Waals surface area (Å²) < 4.78 is 23.1. The quantitative estimate of drug-likeness (QED) is 0.202. The number of benzene rings is 2. The number of thioether (sulfide) groups is 1. The number of ether oxygens (including phenoxy) is 2. The smallest absolute Gasteiger partial charge is 0.316 e. The zero-order valence-corrected chi connectivity index (χ0v) is 23.1. The Morgan fingerprint density at radius 2 is 1.86 bits per heavy atom. The molecule has 8 heteroatoms. The molecule has 6 nitrogen and oxygen atoms in total. The molecule has 0 saturated carbocycles. The highest BCUT2D eigenvalue weighted by molar-refractivity contribution is 8.00. The van der Waals surface area contributed by atoms with Gasteiger partial charge in [-0.25, -0.2) is 4.98 Å². The van der Waals surface area contributed by atoms with Gasteiger partial charge in [0, 0.05) is 34.8 Å².